The number of hydrogen-bond donors (Lipinski definition) is 2. The monoisotopic (exact) mass is 290 g/mol. The fraction of sp³-hybridized carbons (Fsp3) is 0.300. The summed E-state index contributed by atoms with van der Waals surface area (Å²) < 4.78 is 24.6. The third-order valence-corrected chi connectivity index (χ3v) is 2.89. The van der Waals surface area contributed by atoms with Gasteiger partial charge in [0.15, 0.2) is 0 Å². The Labute approximate surface area is 110 Å². The van der Waals surface area contributed by atoms with E-state index in [1.54, 1.807) is 0 Å². The second-order valence-electron chi connectivity index (χ2n) is 3.54. The Morgan fingerprint density at radius 1 is 1.50 bits per heavy atom. The van der Waals surface area contributed by atoms with E-state index < -0.39 is 22.4 Å². The lowest BCUT2D eigenvalue weighted by atomic mass is 9.94. The number of carboxylic acids is 1. The summed E-state index contributed by atoms with van der Waals surface area (Å²) in [6.07, 6.45) is -0.202. The number of carboxylic acid groups (broad SMARTS) is 1. The Morgan fingerprint density at radius 3 is 2.67 bits per heavy atom. The van der Waals surface area contributed by atoms with E-state index in [-0.39, 0.29) is 18.7 Å². The molecule has 0 aliphatic heterocycles. The summed E-state index contributed by atoms with van der Waals surface area (Å²) in [5, 5.41) is 9.08. The van der Waals surface area contributed by atoms with Crippen LogP contribution in [0.15, 0.2) is 22.6 Å². The first kappa shape index (κ1) is 14.6. The largest absolute Gasteiger partial charge is 0.481 e. The molecule has 0 saturated carbocycles. The molecule has 1 aromatic carbocycles. The van der Waals surface area contributed by atoms with Crippen LogP contribution >= 0.6 is 11.6 Å². The molecule has 0 heterocycles. The van der Waals surface area contributed by atoms with Crippen LogP contribution in [0.5, 0.6) is 0 Å². The van der Waals surface area contributed by atoms with Crippen LogP contribution in [0.2, 0.25) is 5.02 Å². The van der Waals surface area contributed by atoms with Gasteiger partial charge in [0.1, 0.15) is 0 Å². The summed E-state index contributed by atoms with van der Waals surface area (Å²) in [7, 11) is -2.64. The molecule has 0 aromatic heterocycles. The number of benzene rings is 1. The van der Waals surface area contributed by atoms with Gasteiger partial charge in [0, 0.05) is 10.9 Å². The normalized spacial score (nSPS) is 11.9. The molecule has 3 N–H and O–H groups in total. The van der Waals surface area contributed by atoms with Crippen LogP contribution in [-0.4, -0.2) is 26.0 Å². The summed E-state index contributed by atoms with van der Waals surface area (Å²) in [4.78, 5) is 10.7. The van der Waals surface area contributed by atoms with Gasteiger partial charge in [-0.25, -0.2) is 0 Å². The van der Waals surface area contributed by atoms with E-state index in [1.165, 1.54) is 18.2 Å². The number of rotatable bonds is 5. The minimum Gasteiger partial charge on any atom is -0.481 e. The summed E-state index contributed by atoms with van der Waals surface area (Å²) in [5.41, 5.74) is 6.07. The van der Waals surface area contributed by atoms with Crippen LogP contribution in [0.4, 0.5) is 5.69 Å². The van der Waals surface area contributed by atoms with Crippen LogP contribution in [-0.2, 0) is 15.3 Å². The van der Waals surface area contributed by atoms with Gasteiger partial charge in [-0.1, -0.05) is 17.7 Å². The molecule has 0 unspecified atom stereocenters. The molecule has 0 amide bonds. The average molecular weight is 291 g/mol. The molecular weight excluding hydrogens is 280 g/mol. The molecule has 0 saturated heterocycles. The van der Waals surface area contributed by atoms with Gasteiger partial charge >= 0.3 is 16.5 Å². The molecule has 1 atom stereocenters. The van der Waals surface area contributed by atoms with Crippen LogP contribution in [0.3, 0.4) is 0 Å². The van der Waals surface area contributed by atoms with Crippen molar-refractivity contribution in [3.63, 3.8) is 0 Å². The molecule has 0 fully saturated rings. The van der Waals surface area contributed by atoms with Gasteiger partial charge in [-0.15, -0.1) is 4.36 Å². The lowest BCUT2D eigenvalue weighted by molar-refractivity contribution is -0.137. The maximum atomic E-state index is 10.7. The Balaban J connectivity index is 3.29. The lowest BCUT2D eigenvalue weighted by Crippen LogP contribution is -2.16. The van der Waals surface area contributed by atoms with Crippen LogP contribution < -0.4 is 5.73 Å². The minimum absolute atomic E-state index is 0.0714. The van der Waals surface area contributed by atoms with E-state index in [0.717, 1.165) is 0 Å². The van der Waals surface area contributed by atoms with Crippen molar-refractivity contribution < 1.29 is 18.3 Å². The van der Waals surface area contributed by atoms with Crippen molar-refractivity contribution in [3.8, 4) is 0 Å². The number of halogens is 1. The first-order valence-corrected chi connectivity index (χ1v) is 6.37. The number of nitrogens with zero attached hydrogens (tertiary/aromatic N) is 1. The van der Waals surface area contributed by atoms with E-state index in [1.807, 2.05) is 0 Å². The third-order valence-electron chi connectivity index (χ3n) is 2.31. The number of aliphatic carboxylic acids is 1. The molecule has 0 spiro atoms. The zero-order chi connectivity index (χ0) is 13.7. The highest BCUT2D eigenvalue weighted by Gasteiger charge is 2.17. The lowest BCUT2D eigenvalue weighted by Gasteiger charge is -2.14. The Hall–Kier alpha value is -1.44. The summed E-state index contributed by atoms with van der Waals surface area (Å²) >= 11 is 5.75. The quantitative estimate of drug-likeness (QED) is 0.855. The third kappa shape index (κ3) is 4.10. The highest BCUT2D eigenvalue weighted by Crippen LogP contribution is 2.31. The molecule has 1 rings (SSSR count). The molecular formula is C10H11ClN2O4S. The number of hydrogen-bond acceptors (Lipinski definition) is 5. The summed E-state index contributed by atoms with van der Waals surface area (Å²) in [5.74, 6) is -1.53. The fourth-order valence-electron chi connectivity index (χ4n) is 1.55. The maximum absolute atomic E-state index is 10.7. The Bertz CT molecular complexity index is 578. The molecule has 8 heteroatoms. The van der Waals surface area contributed by atoms with Crippen LogP contribution in [0, 0.1) is 0 Å². The van der Waals surface area contributed by atoms with Crippen molar-refractivity contribution >= 4 is 33.8 Å². The molecule has 0 aliphatic carbocycles. The van der Waals surface area contributed by atoms with Crippen molar-refractivity contribution in [2.45, 2.75) is 12.3 Å². The van der Waals surface area contributed by atoms with E-state index in [9.17, 15) is 13.2 Å². The van der Waals surface area contributed by atoms with Gasteiger partial charge in [0.25, 0.3) is 0 Å². The number of nitrogens with two attached hydrogens (primary N) is 1. The van der Waals surface area contributed by atoms with E-state index in [2.05, 4.69) is 4.36 Å². The second kappa shape index (κ2) is 6.48. The minimum atomic E-state index is -2.64. The molecule has 0 radical (unpaired) electrons. The molecule has 98 valence electrons. The van der Waals surface area contributed by atoms with E-state index >= 15 is 0 Å². The van der Waals surface area contributed by atoms with Gasteiger partial charge in [0.2, 0.25) is 0 Å². The Kier molecular flexibility index (Phi) is 5.26. The SMILES string of the molecule is NC[C@H](CC(=O)O)c1ccc(Cl)cc1N=S(=O)=O. The zero-order valence-corrected chi connectivity index (χ0v) is 10.8. The zero-order valence-electron chi connectivity index (χ0n) is 9.21. The number of carbonyl (C=O) groups is 1. The van der Waals surface area contributed by atoms with E-state index in [0.29, 0.717) is 10.6 Å². The van der Waals surface area contributed by atoms with Crippen molar-refractivity contribution in [3.05, 3.63) is 28.8 Å². The smallest absolute Gasteiger partial charge is 0.316 e. The van der Waals surface area contributed by atoms with Gasteiger partial charge < -0.3 is 10.8 Å². The maximum Gasteiger partial charge on any atom is 0.316 e. The van der Waals surface area contributed by atoms with Crippen molar-refractivity contribution in [1.82, 2.24) is 0 Å². The van der Waals surface area contributed by atoms with Gasteiger partial charge in [-0.2, -0.15) is 8.42 Å². The fourth-order valence-corrected chi connectivity index (χ4v) is 2.04. The van der Waals surface area contributed by atoms with Crippen molar-refractivity contribution in [2.24, 2.45) is 10.1 Å². The highest BCUT2D eigenvalue weighted by atomic mass is 35.5. The predicted molar refractivity (Wildman–Crippen MR) is 66.5 cm³/mol. The summed E-state index contributed by atoms with van der Waals surface area (Å²) in [6.45, 7) is 0.0714. The molecule has 0 aliphatic rings. The summed E-state index contributed by atoms with van der Waals surface area (Å²) in [6, 6.07) is 4.43. The molecule has 1 aromatic rings. The first-order valence-electron chi connectivity index (χ1n) is 4.96. The van der Waals surface area contributed by atoms with Crippen molar-refractivity contribution in [1.29, 1.82) is 0 Å². The first-order chi connectivity index (χ1) is 8.43. The highest BCUT2D eigenvalue weighted by molar-refractivity contribution is 7.61. The van der Waals surface area contributed by atoms with Gasteiger partial charge in [-0.05, 0) is 24.2 Å². The van der Waals surface area contributed by atoms with Crippen LogP contribution in [0.1, 0.15) is 17.9 Å². The van der Waals surface area contributed by atoms with Crippen molar-refractivity contribution in [2.75, 3.05) is 6.54 Å². The van der Waals surface area contributed by atoms with Gasteiger partial charge in [-0.3, -0.25) is 4.79 Å². The molecule has 18 heavy (non-hydrogen) atoms. The Morgan fingerprint density at radius 2 is 2.17 bits per heavy atom. The molecule has 6 nitrogen and oxygen atoms in total. The second-order valence-corrected chi connectivity index (χ2v) is 4.60. The van der Waals surface area contributed by atoms with Gasteiger partial charge in [0.05, 0.1) is 12.1 Å². The van der Waals surface area contributed by atoms with Crippen LogP contribution in [0.25, 0.3) is 0 Å². The standard InChI is InChI=1S/C10H11ClN2O4S/c11-7-1-2-8(6(5-12)3-10(14)15)9(4-7)13-18(16)17/h1-2,4,6H,3,5,12H2,(H,14,15)/t6-/m0/s1. The predicted octanol–water partition coefficient (Wildman–Crippen LogP) is 1.55. The average Bonchev–Trinajstić information content (AvgIpc) is 2.25. The van der Waals surface area contributed by atoms with E-state index in [4.69, 9.17) is 22.4 Å². The molecule has 0 bridgehead atoms. The topological polar surface area (TPSA) is 110 Å².